The third-order valence-electron chi connectivity index (χ3n) is 6.92. The fraction of sp³-hybridized carbons (Fsp3) is 0.625. The summed E-state index contributed by atoms with van der Waals surface area (Å²) in [5, 5.41) is 22.1. The van der Waals surface area contributed by atoms with Crippen LogP contribution in [0.1, 0.15) is 126 Å². The van der Waals surface area contributed by atoms with Crippen molar-refractivity contribution >= 4 is 11.8 Å². The minimum absolute atomic E-state index is 0.390. The predicted molar refractivity (Wildman–Crippen MR) is 153 cm³/mol. The lowest BCUT2D eigenvalue weighted by Gasteiger charge is -2.15. The molecule has 0 amide bonds. The molecular weight excluding hydrogens is 448 g/mol. The maximum absolute atomic E-state index is 11.0. The van der Waals surface area contributed by atoms with Gasteiger partial charge in [-0.1, -0.05) is 115 Å². The number of hydrogen-bond acceptors (Lipinski definition) is 3. The SMILES string of the molecule is CCCCCCCCCc1cc(C)cc(Sc2cc(C)cc(CCCCCCCCC)c2O)c1O. The molecule has 0 fully saturated rings. The van der Waals surface area contributed by atoms with Gasteiger partial charge in [0, 0.05) is 0 Å². The Morgan fingerprint density at radius 1 is 0.514 bits per heavy atom. The van der Waals surface area contributed by atoms with E-state index >= 15 is 0 Å². The van der Waals surface area contributed by atoms with Crippen molar-refractivity contribution in [2.24, 2.45) is 0 Å². The van der Waals surface area contributed by atoms with Gasteiger partial charge in [0.25, 0.3) is 0 Å². The summed E-state index contributed by atoms with van der Waals surface area (Å²) in [6.07, 6.45) is 19.7. The van der Waals surface area contributed by atoms with Gasteiger partial charge in [-0.25, -0.2) is 0 Å². The summed E-state index contributed by atoms with van der Waals surface area (Å²) < 4.78 is 0. The van der Waals surface area contributed by atoms with Gasteiger partial charge in [-0.05, 0) is 73.9 Å². The molecule has 3 heteroatoms. The van der Waals surface area contributed by atoms with Crippen LogP contribution in [0.25, 0.3) is 0 Å². The van der Waals surface area contributed by atoms with Crippen LogP contribution in [-0.2, 0) is 12.8 Å². The van der Waals surface area contributed by atoms with Gasteiger partial charge in [0.1, 0.15) is 11.5 Å². The van der Waals surface area contributed by atoms with E-state index in [1.165, 1.54) is 99.9 Å². The summed E-state index contributed by atoms with van der Waals surface area (Å²) in [5.41, 5.74) is 4.41. The van der Waals surface area contributed by atoms with Crippen molar-refractivity contribution < 1.29 is 10.2 Å². The summed E-state index contributed by atoms with van der Waals surface area (Å²) >= 11 is 1.50. The lowest BCUT2D eigenvalue weighted by Crippen LogP contribution is -1.93. The summed E-state index contributed by atoms with van der Waals surface area (Å²) in [4.78, 5) is 1.71. The maximum atomic E-state index is 11.0. The second kappa shape index (κ2) is 17.0. The van der Waals surface area contributed by atoms with Crippen LogP contribution < -0.4 is 0 Å². The van der Waals surface area contributed by atoms with Crippen LogP contribution in [0.15, 0.2) is 34.1 Å². The molecule has 0 saturated heterocycles. The van der Waals surface area contributed by atoms with Gasteiger partial charge >= 0.3 is 0 Å². The van der Waals surface area contributed by atoms with Gasteiger partial charge in [-0.3, -0.25) is 0 Å². The molecule has 0 atom stereocenters. The molecule has 0 aliphatic carbocycles. The molecule has 0 bridgehead atoms. The van der Waals surface area contributed by atoms with Crippen LogP contribution in [-0.4, -0.2) is 10.2 Å². The third kappa shape index (κ3) is 10.9. The number of aryl methyl sites for hydroxylation is 4. The van der Waals surface area contributed by atoms with Crippen molar-refractivity contribution in [1.82, 2.24) is 0 Å². The van der Waals surface area contributed by atoms with Gasteiger partial charge < -0.3 is 10.2 Å². The Balaban J connectivity index is 1.98. The van der Waals surface area contributed by atoms with Gasteiger partial charge in [-0.15, -0.1) is 0 Å². The van der Waals surface area contributed by atoms with Crippen molar-refractivity contribution in [3.63, 3.8) is 0 Å². The van der Waals surface area contributed by atoms with Gasteiger partial charge in [0.05, 0.1) is 9.79 Å². The zero-order valence-electron chi connectivity index (χ0n) is 22.9. The number of unbranched alkanes of at least 4 members (excludes halogenated alkanes) is 12. The minimum atomic E-state index is 0.390. The second-order valence-electron chi connectivity index (χ2n) is 10.4. The predicted octanol–water partition coefficient (Wildman–Crippen LogP) is 10.5. The summed E-state index contributed by atoms with van der Waals surface area (Å²) in [7, 11) is 0. The lowest BCUT2D eigenvalue weighted by molar-refractivity contribution is 0.450. The highest BCUT2D eigenvalue weighted by Crippen LogP contribution is 2.43. The molecule has 0 aliphatic heterocycles. The van der Waals surface area contributed by atoms with Gasteiger partial charge in [0.15, 0.2) is 0 Å². The van der Waals surface area contributed by atoms with E-state index < -0.39 is 0 Å². The van der Waals surface area contributed by atoms with Crippen LogP contribution in [0.2, 0.25) is 0 Å². The van der Waals surface area contributed by atoms with Crippen molar-refractivity contribution in [3.8, 4) is 11.5 Å². The second-order valence-corrected chi connectivity index (χ2v) is 11.5. The zero-order valence-corrected chi connectivity index (χ0v) is 23.7. The smallest absolute Gasteiger partial charge is 0.132 e. The average molecular weight is 499 g/mol. The quantitative estimate of drug-likeness (QED) is 0.201. The Morgan fingerprint density at radius 3 is 1.23 bits per heavy atom. The Hall–Kier alpha value is -1.61. The Morgan fingerprint density at radius 2 is 0.857 bits per heavy atom. The Kier molecular flexibility index (Phi) is 14.3. The van der Waals surface area contributed by atoms with E-state index in [1.54, 1.807) is 0 Å². The van der Waals surface area contributed by atoms with E-state index in [-0.39, 0.29) is 0 Å². The molecule has 2 aromatic carbocycles. The minimum Gasteiger partial charge on any atom is -0.506 e. The molecule has 0 aliphatic rings. The number of benzene rings is 2. The van der Waals surface area contributed by atoms with Crippen LogP contribution in [0.3, 0.4) is 0 Å². The highest BCUT2D eigenvalue weighted by Gasteiger charge is 2.15. The standard InChI is InChI=1S/C32H50O2S/c1-5-7-9-11-13-15-17-19-27-21-25(3)23-29(31(27)33)35-30-24-26(4)22-28(32(30)34)20-18-16-14-12-10-8-6-2/h21-24,33-34H,5-20H2,1-4H3. The molecule has 0 saturated carbocycles. The maximum Gasteiger partial charge on any atom is 0.132 e. The topological polar surface area (TPSA) is 40.5 Å². The first-order valence-electron chi connectivity index (χ1n) is 14.3. The number of hydrogen-bond donors (Lipinski definition) is 2. The summed E-state index contributed by atoms with van der Waals surface area (Å²) in [5.74, 6) is 0.780. The van der Waals surface area contributed by atoms with Crippen LogP contribution >= 0.6 is 11.8 Å². The van der Waals surface area contributed by atoms with E-state index in [2.05, 4.69) is 39.8 Å². The molecular formula is C32H50O2S. The van der Waals surface area contributed by atoms with E-state index in [9.17, 15) is 10.2 Å². The highest BCUT2D eigenvalue weighted by atomic mass is 32.2. The summed E-state index contributed by atoms with van der Waals surface area (Å²) in [6, 6.07) is 8.34. The van der Waals surface area contributed by atoms with Gasteiger partial charge in [0.2, 0.25) is 0 Å². The van der Waals surface area contributed by atoms with Crippen molar-refractivity contribution in [3.05, 3.63) is 46.5 Å². The normalized spacial score (nSPS) is 11.3. The fourth-order valence-electron chi connectivity index (χ4n) is 4.84. The molecule has 0 spiro atoms. The first kappa shape index (κ1) is 29.6. The highest BCUT2D eigenvalue weighted by molar-refractivity contribution is 7.99. The van der Waals surface area contributed by atoms with Crippen molar-refractivity contribution in [2.75, 3.05) is 0 Å². The van der Waals surface area contributed by atoms with E-state index in [0.29, 0.717) is 11.5 Å². The van der Waals surface area contributed by atoms with Crippen molar-refractivity contribution in [1.29, 1.82) is 0 Å². The molecule has 2 aromatic rings. The number of rotatable bonds is 18. The average Bonchev–Trinajstić information content (AvgIpc) is 2.83. The van der Waals surface area contributed by atoms with Crippen LogP contribution in [0, 0.1) is 13.8 Å². The zero-order chi connectivity index (χ0) is 25.5. The van der Waals surface area contributed by atoms with Crippen LogP contribution in [0.4, 0.5) is 0 Å². The van der Waals surface area contributed by atoms with Crippen molar-refractivity contribution in [2.45, 2.75) is 140 Å². The first-order chi connectivity index (χ1) is 17.0. The van der Waals surface area contributed by atoms with E-state index in [1.807, 2.05) is 12.1 Å². The Labute approximate surface area is 219 Å². The molecule has 35 heavy (non-hydrogen) atoms. The molecule has 0 unspecified atom stereocenters. The number of phenols is 2. The largest absolute Gasteiger partial charge is 0.506 e. The monoisotopic (exact) mass is 498 g/mol. The summed E-state index contributed by atoms with van der Waals surface area (Å²) in [6.45, 7) is 8.70. The lowest BCUT2D eigenvalue weighted by atomic mass is 10.0. The molecule has 196 valence electrons. The number of phenolic OH excluding ortho intramolecular Hbond substituents is 2. The molecule has 2 nitrogen and oxygen atoms in total. The van der Waals surface area contributed by atoms with Crippen LogP contribution in [0.5, 0.6) is 11.5 Å². The molecule has 0 aromatic heterocycles. The van der Waals surface area contributed by atoms with Gasteiger partial charge in [-0.2, -0.15) is 0 Å². The molecule has 0 radical (unpaired) electrons. The van der Waals surface area contributed by atoms with E-state index in [0.717, 1.165) is 46.6 Å². The fourth-order valence-corrected chi connectivity index (χ4v) is 6.02. The van der Waals surface area contributed by atoms with E-state index in [4.69, 9.17) is 0 Å². The molecule has 2 N–H and O–H groups in total. The Bertz CT molecular complexity index is 803. The molecule has 2 rings (SSSR count). The third-order valence-corrected chi connectivity index (χ3v) is 7.98. The number of aromatic hydroxyl groups is 2. The molecule has 0 heterocycles. The first-order valence-corrected chi connectivity index (χ1v) is 15.1.